The number of rotatable bonds is 5. The van der Waals surface area contributed by atoms with Crippen LogP contribution in [0.2, 0.25) is 5.02 Å². The van der Waals surface area contributed by atoms with E-state index in [9.17, 15) is 14.0 Å². The first kappa shape index (κ1) is 17.9. The first-order chi connectivity index (χ1) is 12.4. The number of carbonyl (C=O) groups excluding carboxylic acids is 2. The quantitative estimate of drug-likeness (QED) is 0.661. The number of ether oxygens (including phenoxy) is 1. The second kappa shape index (κ2) is 7.58. The molecule has 1 amide bonds. The van der Waals surface area contributed by atoms with Crippen LogP contribution in [0.25, 0.3) is 10.9 Å². The third-order valence-electron chi connectivity index (χ3n) is 3.88. The highest BCUT2D eigenvalue weighted by molar-refractivity contribution is 6.33. The molecule has 0 aliphatic heterocycles. The normalized spacial score (nSPS) is 12.0. The number of benzene rings is 2. The Balaban J connectivity index is 1.60. The number of amides is 1. The van der Waals surface area contributed by atoms with Gasteiger partial charge in [0.2, 0.25) is 0 Å². The molecule has 3 aromatic rings. The number of halogens is 2. The molecule has 1 atom stereocenters. The van der Waals surface area contributed by atoms with E-state index in [1.54, 1.807) is 6.20 Å². The minimum Gasteiger partial charge on any atom is -0.452 e. The number of para-hydroxylation sites is 1. The van der Waals surface area contributed by atoms with E-state index in [0.29, 0.717) is 0 Å². The lowest BCUT2D eigenvalue weighted by Crippen LogP contribution is -2.30. The average Bonchev–Trinajstić information content (AvgIpc) is 3.00. The van der Waals surface area contributed by atoms with E-state index >= 15 is 0 Å². The lowest BCUT2D eigenvalue weighted by atomic mass is 10.1. The molecular weight excluding hydrogens is 359 g/mol. The van der Waals surface area contributed by atoms with Crippen molar-refractivity contribution < 1.29 is 18.7 Å². The summed E-state index contributed by atoms with van der Waals surface area (Å²) in [6, 6.07) is 11.2. The van der Waals surface area contributed by atoms with Gasteiger partial charge in [-0.15, -0.1) is 0 Å². The van der Waals surface area contributed by atoms with Gasteiger partial charge in [-0.2, -0.15) is 0 Å². The van der Waals surface area contributed by atoms with Crippen LogP contribution in [0, 0.1) is 5.82 Å². The Hall–Kier alpha value is -2.86. The van der Waals surface area contributed by atoms with Gasteiger partial charge in [-0.3, -0.25) is 9.59 Å². The zero-order valence-electron chi connectivity index (χ0n) is 13.9. The summed E-state index contributed by atoms with van der Waals surface area (Å²) < 4.78 is 18.2. The van der Waals surface area contributed by atoms with Crippen LogP contribution in [0.4, 0.5) is 10.1 Å². The Labute approximate surface area is 154 Å². The molecule has 2 aromatic carbocycles. The van der Waals surface area contributed by atoms with Crippen LogP contribution in [0.3, 0.4) is 0 Å². The Morgan fingerprint density at radius 3 is 2.81 bits per heavy atom. The molecule has 2 N–H and O–H groups in total. The Kier molecular flexibility index (Phi) is 5.23. The molecule has 0 saturated carbocycles. The van der Waals surface area contributed by atoms with Crippen molar-refractivity contribution in [2.24, 2.45) is 0 Å². The maximum Gasteiger partial charge on any atom is 0.311 e. The fourth-order valence-electron chi connectivity index (χ4n) is 2.55. The Morgan fingerprint density at radius 2 is 2.04 bits per heavy atom. The van der Waals surface area contributed by atoms with Crippen molar-refractivity contribution in [3.05, 3.63) is 65.1 Å². The van der Waals surface area contributed by atoms with E-state index in [1.807, 2.05) is 24.3 Å². The largest absolute Gasteiger partial charge is 0.452 e. The molecule has 0 aliphatic rings. The molecule has 1 aromatic heterocycles. The lowest BCUT2D eigenvalue weighted by molar-refractivity contribution is -0.152. The molecule has 0 saturated heterocycles. The number of aromatic amines is 1. The van der Waals surface area contributed by atoms with Crippen molar-refractivity contribution in [2.75, 3.05) is 5.32 Å². The number of aromatic nitrogens is 1. The van der Waals surface area contributed by atoms with Gasteiger partial charge in [0, 0.05) is 17.1 Å². The lowest BCUT2D eigenvalue weighted by Gasteiger charge is -2.14. The van der Waals surface area contributed by atoms with Gasteiger partial charge in [0.05, 0.1) is 17.1 Å². The van der Waals surface area contributed by atoms with Crippen LogP contribution in [-0.4, -0.2) is 23.0 Å². The van der Waals surface area contributed by atoms with E-state index in [-0.39, 0.29) is 17.1 Å². The summed E-state index contributed by atoms with van der Waals surface area (Å²) in [5, 5.41) is 3.51. The van der Waals surface area contributed by atoms with Gasteiger partial charge in [-0.25, -0.2) is 4.39 Å². The van der Waals surface area contributed by atoms with E-state index < -0.39 is 23.8 Å². The highest BCUT2D eigenvalue weighted by Crippen LogP contribution is 2.23. The molecule has 7 heteroatoms. The zero-order valence-corrected chi connectivity index (χ0v) is 14.6. The molecule has 0 bridgehead atoms. The highest BCUT2D eigenvalue weighted by Gasteiger charge is 2.20. The summed E-state index contributed by atoms with van der Waals surface area (Å²) in [7, 11) is 0. The molecule has 0 spiro atoms. The fraction of sp³-hybridized carbons (Fsp3) is 0.158. The highest BCUT2D eigenvalue weighted by atomic mass is 35.5. The second-order valence-corrected chi connectivity index (χ2v) is 6.19. The predicted molar refractivity (Wildman–Crippen MR) is 97.6 cm³/mol. The second-order valence-electron chi connectivity index (χ2n) is 5.78. The first-order valence-electron chi connectivity index (χ1n) is 7.94. The molecule has 3 rings (SSSR count). The van der Waals surface area contributed by atoms with E-state index in [2.05, 4.69) is 10.3 Å². The van der Waals surface area contributed by atoms with Crippen molar-refractivity contribution in [3.8, 4) is 0 Å². The summed E-state index contributed by atoms with van der Waals surface area (Å²) >= 11 is 5.87. The van der Waals surface area contributed by atoms with Crippen LogP contribution in [0.5, 0.6) is 0 Å². The number of carbonyl (C=O) groups is 2. The van der Waals surface area contributed by atoms with Crippen molar-refractivity contribution in [3.63, 3.8) is 0 Å². The third-order valence-corrected chi connectivity index (χ3v) is 4.19. The van der Waals surface area contributed by atoms with Gasteiger partial charge >= 0.3 is 5.97 Å². The predicted octanol–water partition coefficient (Wildman–Crippen LogP) is 4.07. The van der Waals surface area contributed by atoms with Crippen molar-refractivity contribution in [2.45, 2.75) is 19.4 Å². The van der Waals surface area contributed by atoms with Gasteiger partial charge in [0.15, 0.2) is 6.10 Å². The number of nitrogens with one attached hydrogen (secondary N) is 2. The van der Waals surface area contributed by atoms with Crippen molar-refractivity contribution in [1.82, 2.24) is 4.98 Å². The zero-order chi connectivity index (χ0) is 18.7. The van der Waals surface area contributed by atoms with E-state index in [0.717, 1.165) is 22.5 Å². The minimum absolute atomic E-state index is 0.0406. The maximum atomic E-state index is 13.0. The number of anilines is 1. The fourth-order valence-corrected chi connectivity index (χ4v) is 2.77. The van der Waals surface area contributed by atoms with Gasteiger partial charge in [0.25, 0.3) is 5.91 Å². The average molecular weight is 375 g/mol. The molecular formula is C19H16ClFN2O3. The standard InChI is InChI=1S/C19H16ClFN2O3/c1-11(19(25)23-17-7-6-13(21)9-15(17)20)26-18(24)8-12-10-22-16-5-3-2-4-14(12)16/h2-7,9-11,22H,8H2,1H3,(H,23,25)/t11-/m1/s1. The third kappa shape index (κ3) is 4.03. The number of hydrogen-bond acceptors (Lipinski definition) is 3. The smallest absolute Gasteiger partial charge is 0.311 e. The number of hydrogen-bond donors (Lipinski definition) is 2. The van der Waals surface area contributed by atoms with Crippen LogP contribution in [-0.2, 0) is 20.7 Å². The van der Waals surface area contributed by atoms with Crippen molar-refractivity contribution >= 4 is 40.1 Å². The monoisotopic (exact) mass is 374 g/mol. The molecule has 26 heavy (non-hydrogen) atoms. The van der Waals surface area contributed by atoms with Crippen LogP contribution >= 0.6 is 11.6 Å². The van der Waals surface area contributed by atoms with Crippen molar-refractivity contribution in [1.29, 1.82) is 0 Å². The molecule has 0 fully saturated rings. The van der Waals surface area contributed by atoms with Gasteiger partial charge in [-0.1, -0.05) is 29.8 Å². The van der Waals surface area contributed by atoms with Crippen LogP contribution < -0.4 is 5.32 Å². The maximum absolute atomic E-state index is 13.0. The summed E-state index contributed by atoms with van der Waals surface area (Å²) in [5.41, 5.74) is 1.96. The first-order valence-corrected chi connectivity index (χ1v) is 8.32. The summed E-state index contributed by atoms with van der Waals surface area (Å²) in [5.74, 6) is -1.58. The summed E-state index contributed by atoms with van der Waals surface area (Å²) in [6.07, 6.45) is 0.766. The van der Waals surface area contributed by atoms with Gasteiger partial charge < -0.3 is 15.0 Å². The number of H-pyrrole nitrogens is 1. The van der Waals surface area contributed by atoms with E-state index in [4.69, 9.17) is 16.3 Å². The van der Waals surface area contributed by atoms with E-state index in [1.165, 1.54) is 19.1 Å². The molecule has 5 nitrogen and oxygen atoms in total. The number of fused-ring (bicyclic) bond motifs is 1. The molecule has 0 radical (unpaired) electrons. The molecule has 134 valence electrons. The summed E-state index contributed by atoms with van der Waals surface area (Å²) in [4.78, 5) is 27.4. The Morgan fingerprint density at radius 1 is 1.27 bits per heavy atom. The summed E-state index contributed by atoms with van der Waals surface area (Å²) in [6.45, 7) is 1.46. The van der Waals surface area contributed by atoms with Gasteiger partial charge in [0.1, 0.15) is 5.82 Å². The molecule has 0 aliphatic carbocycles. The van der Waals surface area contributed by atoms with Crippen LogP contribution in [0.1, 0.15) is 12.5 Å². The Bertz CT molecular complexity index is 970. The topological polar surface area (TPSA) is 71.2 Å². The molecule has 0 unspecified atom stereocenters. The molecule has 1 heterocycles. The minimum atomic E-state index is -1.02. The SMILES string of the molecule is C[C@@H](OC(=O)Cc1c[nH]c2ccccc12)C(=O)Nc1ccc(F)cc1Cl. The number of esters is 1. The van der Waals surface area contributed by atoms with Crippen LogP contribution in [0.15, 0.2) is 48.7 Å². The van der Waals surface area contributed by atoms with Gasteiger partial charge in [-0.05, 0) is 36.8 Å².